The van der Waals surface area contributed by atoms with E-state index in [-0.39, 0.29) is 28.5 Å². The number of nitro benzene ring substituents is 1. The molecule has 10 heteroatoms. The van der Waals surface area contributed by atoms with Crippen molar-refractivity contribution in [3.63, 3.8) is 0 Å². The van der Waals surface area contributed by atoms with Gasteiger partial charge in [0.25, 0.3) is 5.69 Å². The molecule has 1 amide bonds. The van der Waals surface area contributed by atoms with Crippen LogP contribution in [0.4, 0.5) is 17.1 Å². The van der Waals surface area contributed by atoms with Gasteiger partial charge in [-0.1, -0.05) is 6.07 Å². The lowest BCUT2D eigenvalue weighted by Crippen LogP contribution is -2.61. The van der Waals surface area contributed by atoms with Crippen LogP contribution in [0, 0.1) is 16.0 Å². The van der Waals surface area contributed by atoms with Crippen LogP contribution in [0.25, 0.3) is 0 Å². The molecule has 2 aliphatic rings. The summed E-state index contributed by atoms with van der Waals surface area (Å²) in [5, 5.41) is 14.6. The van der Waals surface area contributed by atoms with Crippen molar-refractivity contribution in [2.24, 2.45) is 5.92 Å². The SMILES string of the molecule is COc1ccc(N2CCN3c4ccc([N+](=O)[O-])cc4CC(C(=O)NCCc4ccc(OC)c(OC)c4)C3C2)cc1. The average molecular weight is 547 g/mol. The summed E-state index contributed by atoms with van der Waals surface area (Å²) in [6.07, 6.45) is 1.07. The Bertz CT molecular complexity index is 1380. The predicted molar refractivity (Wildman–Crippen MR) is 153 cm³/mol. The van der Waals surface area contributed by atoms with Gasteiger partial charge in [0.05, 0.1) is 38.2 Å². The monoisotopic (exact) mass is 546 g/mol. The number of rotatable bonds is 9. The first-order chi connectivity index (χ1) is 19.4. The Morgan fingerprint density at radius 1 is 0.975 bits per heavy atom. The molecule has 40 heavy (non-hydrogen) atoms. The first kappa shape index (κ1) is 27.1. The molecule has 1 saturated heterocycles. The fourth-order valence-electron chi connectivity index (χ4n) is 5.75. The maximum absolute atomic E-state index is 13.7. The number of nitrogens with zero attached hydrogens (tertiary/aromatic N) is 3. The van der Waals surface area contributed by atoms with Crippen LogP contribution in [0.2, 0.25) is 0 Å². The number of benzene rings is 3. The molecule has 0 bridgehead atoms. The predicted octanol–water partition coefficient (Wildman–Crippen LogP) is 3.85. The van der Waals surface area contributed by atoms with E-state index in [0.29, 0.717) is 44.0 Å². The number of nitro groups is 1. The van der Waals surface area contributed by atoms with E-state index >= 15 is 0 Å². The minimum absolute atomic E-state index is 0.0432. The number of hydrogen-bond donors (Lipinski definition) is 1. The number of piperazine rings is 1. The summed E-state index contributed by atoms with van der Waals surface area (Å²) < 4.78 is 16.0. The molecule has 3 aromatic carbocycles. The summed E-state index contributed by atoms with van der Waals surface area (Å²) >= 11 is 0. The van der Waals surface area contributed by atoms with Gasteiger partial charge in [-0.3, -0.25) is 14.9 Å². The molecule has 0 radical (unpaired) electrons. The molecule has 2 aliphatic heterocycles. The van der Waals surface area contributed by atoms with Gasteiger partial charge in [-0.05, 0) is 66.4 Å². The standard InChI is InChI=1S/C30H34N4O6/c1-38-24-8-5-22(6-9-24)32-14-15-33-26-10-7-23(34(36)37)17-21(26)18-25(27(33)19-32)30(35)31-13-12-20-4-11-28(39-2)29(16-20)40-3/h4-11,16-17,25,27H,12-15,18-19H2,1-3H3,(H,31,35). The van der Waals surface area contributed by atoms with E-state index in [0.717, 1.165) is 34.8 Å². The molecule has 2 unspecified atom stereocenters. The Labute approximate surface area is 233 Å². The minimum Gasteiger partial charge on any atom is -0.497 e. The zero-order valence-corrected chi connectivity index (χ0v) is 23.0. The molecule has 210 valence electrons. The summed E-state index contributed by atoms with van der Waals surface area (Å²) in [6.45, 7) is 2.60. The smallest absolute Gasteiger partial charge is 0.269 e. The van der Waals surface area contributed by atoms with Crippen molar-refractivity contribution in [1.82, 2.24) is 5.32 Å². The number of nitrogens with one attached hydrogen (secondary N) is 1. The lowest BCUT2D eigenvalue weighted by Gasteiger charge is -2.49. The largest absolute Gasteiger partial charge is 0.497 e. The van der Waals surface area contributed by atoms with Crippen LogP contribution in [-0.4, -0.2) is 64.4 Å². The van der Waals surface area contributed by atoms with Gasteiger partial charge in [-0.2, -0.15) is 0 Å². The van der Waals surface area contributed by atoms with Gasteiger partial charge in [0.1, 0.15) is 5.75 Å². The summed E-state index contributed by atoms with van der Waals surface area (Å²) in [5.74, 6) is 1.69. The van der Waals surface area contributed by atoms with Gasteiger partial charge >= 0.3 is 0 Å². The Balaban J connectivity index is 1.35. The molecule has 1 N–H and O–H groups in total. The molecule has 10 nitrogen and oxygen atoms in total. The zero-order chi connectivity index (χ0) is 28.2. The minimum atomic E-state index is -0.383. The number of amides is 1. The van der Waals surface area contributed by atoms with Crippen LogP contribution in [-0.2, 0) is 17.6 Å². The first-order valence-corrected chi connectivity index (χ1v) is 13.3. The van der Waals surface area contributed by atoms with Crippen LogP contribution in [0.1, 0.15) is 11.1 Å². The summed E-state index contributed by atoms with van der Waals surface area (Å²) in [7, 11) is 4.84. The van der Waals surface area contributed by atoms with Crippen molar-refractivity contribution < 1.29 is 23.9 Å². The highest BCUT2D eigenvalue weighted by Crippen LogP contribution is 2.39. The Hall–Kier alpha value is -4.47. The number of anilines is 2. The van der Waals surface area contributed by atoms with E-state index < -0.39 is 0 Å². The molecule has 3 aromatic rings. The number of methoxy groups -OCH3 is 3. The average Bonchev–Trinajstić information content (AvgIpc) is 2.99. The number of carbonyl (C=O) groups excluding carboxylic acids is 1. The van der Waals surface area contributed by atoms with Gasteiger partial charge in [0, 0.05) is 49.7 Å². The molecule has 5 rings (SSSR count). The van der Waals surface area contributed by atoms with E-state index in [9.17, 15) is 14.9 Å². The first-order valence-electron chi connectivity index (χ1n) is 13.3. The Morgan fingerprint density at radius 3 is 2.45 bits per heavy atom. The van der Waals surface area contributed by atoms with Crippen molar-refractivity contribution in [2.45, 2.75) is 18.9 Å². The van der Waals surface area contributed by atoms with Crippen molar-refractivity contribution >= 4 is 23.0 Å². The second-order valence-corrected chi connectivity index (χ2v) is 10.0. The topological polar surface area (TPSA) is 106 Å². The number of non-ortho nitro benzene ring substituents is 1. The third-order valence-corrected chi connectivity index (χ3v) is 7.84. The number of ether oxygens (including phenoxy) is 3. The third-order valence-electron chi connectivity index (χ3n) is 7.84. The van der Waals surface area contributed by atoms with Gasteiger partial charge in [-0.15, -0.1) is 0 Å². The van der Waals surface area contributed by atoms with Crippen molar-refractivity contribution in [3.05, 3.63) is 81.9 Å². The molecule has 0 saturated carbocycles. The Kier molecular flexibility index (Phi) is 7.95. The van der Waals surface area contributed by atoms with Crippen LogP contribution in [0.15, 0.2) is 60.7 Å². The highest BCUT2D eigenvalue weighted by molar-refractivity contribution is 5.82. The molecule has 0 aromatic heterocycles. The van der Waals surface area contributed by atoms with Crippen LogP contribution >= 0.6 is 0 Å². The number of carbonyl (C=O) groups is 1. The lowest BCUT2D eigenvalue weighted by molar-refractivity contribution is -0.384. The summed E-state index contributed by atoms with van der Waals surface area (Å²) in [5.41, 5.74) is 3.94. The fourth-order valence-corrected chi connectivity index (χ4v) is 5.75. The van der Waals surface area contributed by atoms with Crippen LogP contribution in [0.3, 0.4) is 0 Å². The van der Waals surface area contributed by atoms with Crippen molar-refractivity contribution in [1.29, 1.82) is 0 Å². The normalized spacial score (nSPS) is 17.9. The summed E-state index contributed by atoms with van der Waals surface area (Å²) in [6, 6.07) is 18.6. The van der Waals surface area contributed by atoms with E-state index in [1.165, 1.54) is 0 Å². The van der Waals surface area contributed by atoms with E-state index in [4.69, 9.17) is 14.2 Å². The van der Waals surface area contributed by atoms with Gasteiger partial charge < -0.3 is 29.3 Å². The second kappa shape index (κ2) is 11.7. The lowest BCUT2D eigenvalue weighted by atomic mass is 9.83. The molecule has 2 heterocycles. The van der Waals surface area contributed by atoms with Crippen molar-refractivity contribution in [3.8, 4) is 17.2 Å². The molecule has 0 aliphatic carbocycles. The van der Waals surface area contributed by atoms with E-state index in [1.807, 2.05) is 48.5 Å². The van der Waals surface area contributed by atoms with Gasteiger partial charge in [0.15, 0.2) is 11.5 Å². The zero-order valence-electron chi connectivity index (χ0n) is 23.0. The third kappa shape index (κ3) is 5.47. The van der Waals surface area contributed by atoms with E-state index in [1.54, 1.807) is 33.5 Å². The Morgan fingerprint density at radius 2 is 1.75 bits per heavy atom. The molecule has 0 spiro atoms. The highest BCUT2D eigenvalue weighted by atomic mass is 16.6. The number of hydrogen-bond acceptors (Lipinski definition) is 8. The molecule has 2 atom stereocenters. The molecular formula is C30H34N4O6. The van der Waals surface area contributed by atoms with Gasteiger partial charge in [-0.25, -0.2) is 0 Å². The molecule has 1 fully saturated rings. The summed E-state index contributed by atoms with van der Waals surface area (Å²) in [4.78, 5) is 29.3. The van der Waals surface area contributed by atoms with E-state index in [2.05, 4.69) is 15.1 Å². The van der Waals surface area contributed by atoms with Crippen LogP contribution < -0.4 is 29.3 Å². The second-order valence-electron chi connectivity index (χ2n) is 10.0. The van der Waals surface area contributed by atoms with Crippen LogP contribution in [0.5, 0.6) is 17.2 Å². The van der Waals surface area contributed by atoms with Crippen molar-refractivity contribution in [2.75, 3.05) is 57.3 Å². The number of fused-ring (bicyclic) bond motifs is 3. The van der Waals surface area contributed by atoms with Gasteiger partial charge in [0.2, 0.25) is 5.91 Å². The fraction of sp³-hybridized carbons (Fsp3) is 0.367. The molecular weight excluding hydrogens is 512 g/mol. The highest BCUT2D eigenvalue weighted by Gasteiger charge is 2.42. The quantitative estimate of drug-likeness (QED) is 0.319. The maximum Gasteiger partial charge on any atom is 0.269 e. The maximum atomic E-state index is 13.7.